The van der Waals surface area contributed by atoms with Crippen LogP contribution in [0.15, 0.2) is 30.5 Å². The number of nitrogens with zero attached hydrogens (tertiary/aromatic N) is 3. The summed E-state index contributed by atoms with van der Waals surface area (Å²) < 4.78 is 6.34. The largest absolute Gasteiger partial charge is 0.508 e. The monoisotopic (exact) mass is 518 g/mol. The van der Waals surface area contributed by atoms with Crippen molar-refractivity contribution in [1.29, 1.82) is 0 Å². The number of rotatable bonds is 14. The minimum atomic E-state index is -0.859. The molecule has 0 spiro atoms. The number of methoxy groups -OCH3 is 1. The molecule has 13 heteroatoms. The Morgan fingerprint density at radius 2 is 1.81 bits per heavy atom. The number of aryl methyl sites for hydroxylation is 1. The molecule has 202 valence electrons. The molecule has 2 atom stereocenters. The first kappa shape index (κ1) is 29.2. The van der Waals surface area contributed by atoms with Crippen LogP contribution in [0.3, 0.4) is 0 Å². The van der Waals surface area contributed by atoms with Crippen LogP contribution in [-0.4, -0.2) is 62.2 Å². The van der Waals surface area contributed by atoms with Crippen LogP contribution in [0, 0.1) is 11.8 Å². The maximum atomic E-state index is 12.4. The molecule has 37 heavy (non-hydrogen) atoms. The van der Waals surface area contributed by atoms with Gasteiger partial charge in [0.1, 0.15) is 17.5 Å². The van der Waals surface area contributed by atoms with Crippen LogP contribution in [-0.2, 0) is 43.4 Å². The van der Waals surface area contributed by atoms with E-state index in [9.17, 15) is 24.3 Å². The zero-order valence-electron chi connectivity index (χ0n) is 21.1. The van der Waals surface area contributed by atoms with Gasteiger partial charge >= 0.3 is 5.97 Å². The molecule has 13 nitrogen and oxygen atoms in total. The van der Waals surface area contributed by atoms with E-state index in [0.29, 0.717) is 18.7 Å². The summed E-state index contributed by atoms with van der Waals surface area (Å²) in [5, 5.41) is 31.5. The van der Waals surface area contributed by atoms with Crippen molar-refractivity contribution in [2.45, 2.75) is 58.7 Å². The van der Waals surface area contributed by atoms with Gasteiger partial charge in [0.05, 0.1) is 19.9 Å². The number of amides is 3. The summed E-state index contributed by atoms with van der Waals surface area (Å²) in [5.41, 5.74) is 2.80. The molecule has 0 saturated carbocycles. The number of carbonyl (C=O) groups is 4. The van der Waals surface area contributed by atoms with Gasteiger partial charge in [0, 0.05) is 31.7 Å². The van der Waals surface area contributed by atoms with E-state index >= 15 is 0 Å². The number of hydroxylamine groups is 1. The number of carbonyl (C=O) groups excluding carboxylic acids is 4. The summed E-state index contributed by atoms with van der Waals surface area (Å²) in [6, 6.07) is 5.47. The fourth-order valence-corrected chi connectivity index (χ4v) is 3.59. The van der Waals surface area contributed by atoms with Gasteiger partial charge in [0.2, 0.25) is 17.7 Å². The number of phenolic OH excluding ortho intramolecular Hbond substituents is 1. The summed E-state index contributed by atoms with van der Waals surface area (Å²) in [6.07, 6.45) is 2.29. The van der Waals surface area contributed by atoms with E-state index < -0.39 is 23.8 Å². The summed E-state index contributed by atoms with van der Waals surface area (Å²) >= 11 is 0. The number of hydrogen-bond donors (Lipinski definition) is 5. The molecular formula is C24H34N6O7. The van der Waals surface area contributed by atoms with Gasteiger partial charge in [0.25, 0.3) is 0 Å². The Labute approximate surface area is 214 Å². The van der Waals surface area contributed by atoms with Crippen LogP contribution >= 0.6 is 0 Å². The number of hydrogen-bond acceptors (Lipinski definition) is 9. The van der Waals surface area contributed by atoms with Gasteiger partial charge < -0.3 is 20.5 Å². The number of aromatic hydroxyl groups is 1. The van der Waals surface area contributed by atoms with Crippen molar-refractivity contribution in [2.75, 3.05) is 7.11 Å². The highest BCUT2D eigenvalue weighted by Gasteiger charge is 2.25. The quantitative estimate of drug-likeness (QED) is 0.134. The van der Waals surface area contributed by atoms with E-state index in [1.807, 2.05) is 13.8 Å². The Hall–Kier alpha value is -4.00. The maximum absolute atomic E-state index is 12.4. The second-order valence-electron chi connectivity index (χ2n) is 8.90. The molecule has 2 rings (SSSR count). The number of benzene rings is 1. The lowest BCUT2D eigenvalue weighted by Gasteiger charge is -2.18. The number of nitrogens with one attached hydrogen (secondary N) is 3. The predicted octanol–water partition coefficient (Wildman–Crippen LogP) is 0.448. The Bertz CT molecular complexity index is 1050. The molecule has 1 heterocycles. The first-order valence-corrected chi connectivity index (χ1v) is 11.9. The molecule has 0 aliphatic heterocycles. The number of ether oxygens (including phenoxy) is 1. The molecule has 0 aliphatic rings. The number of phenols is 1. The second kappa shape index (κ2) is 14.5. The Morgan fingerprint density at radius 3 is 2.43 bits per heavy atom. The minimum absolute atomic E-state index is 0.105. The highest BCUT2D eigenvalue weighted by Crippen LogP contribution is 2.16. The zero-order chi connectivity index (χ0) is 27.4. The first-order valence-electron chi connectivity index (χ1n) is 11.9. The average Bonchev–Trinajstić information content (AvgIpc) is 3.33. The highest BCUT2D eigenvalue weighted by molar-refractivity contribution is 5.85. The van der Waals surface area contributed by atoms with E-state index in [1.165, 1.54) is 24.7 Å². The van der Waals surface area contributed by atoms with Gasteiger partial charge in [-0.05, 0) is 30.0 Å². The summed E-state index contributed by atoms with van der Waals surface area (Å²) in [4.78, 5) is 48.4. The highest BCUT2D eigenvalue weighted by atomic mass is 16.5. The predicted molar refractivity (Wildman–Crippen MR) is 130 cm³/mol. The van der Waals surface area contributed by atoms with Gasteiger partial charge in [-0.1, -0.05) is 31.2 Å². The summed E-state index contributed by atoms with van der Waals surface area (Å²) in [6.45, 7) is 4.12. The molecule has 1 unspecified atom stereocenters. The molecule has 5 N–H and O–H groups in total. The van der Waals surface area contributed by atoms with Crippen LogP contribution in [0.5, 0.6) is 5.75 Å². The van der Waals surface area contributed by atoms with Crippen molar-refractivity contribution in [1.82, 2.24) is 31.1 Å². The fraction of sp³-hybridized carbons (Fsp3) is 0.500. The van der Waals surface area contributed by atoms with Gasteiger partial charge in [0.15, 0.2) is 0 Å². The topological polar surface area (TPSA) is 185 Å². The van der Waals surface area contributed by atoms with Gasteiger partial charge in [-0.2, -0.15) is 0 Å². The standard InChI is InChI=1S/C24H34N6O7/c1-15(2)19(12-22(33)28-36)23(34)25-13-17-14-30(29-27-17)10-4-5-21(32)26-20(24(35)37-3)11-16-6-8-18(31)9-7-16/h6-9,14-15,19-20,31,36H,4-5,10-13H2,1-3H3,(H,25,34)(H,26,32)(H,28,33)/t19?,20-/m0/s1. The third-order valence-corrected chi connectivity index (χ3v) is 5.69. The van der Waals surface area contributed by atoms with Gasteiger partial charge in [-0.25, -0.2) is 10.3 Å². The van der Waals surface area contributed by atoms with E-state index in [4.69, 9.17) is 9.94 Å². The Morgan fingerprint density at radius 1 is 1.11 bits per heavy atom. The van der Waals surface area contributed by atoms with Crippen molar-refractivity contribution in [3.05, 3.63) is 41.7 Å². The molecule has 3 amide bonds. The lowest BCUT2D eigenvalue weighted by Crippen LogP contribution is -2.43. The lowest BCUT2D eigenvalue weighted by atomic mass is 9.91. The van der Waals surface area contributed by atoms with Crippen LogP contribution in [0.4, 0.5) is 0 Å². The van der Waals surface area contributed by atoms with Gasteiger partial charge in [-0.3, -0.25) is 24.3 Å². The number of aromatic nitrogens is 3. The third kappa shape index (κ3) is 9.88. The smallest absolute Gasteiger partial charge is 0.328 e. The van der Waals surface area contributed by atoms with Crippen molar-refractivity contribution in [3.8, 4) is 5.75 Å². The first-order chi connectivity index (χ1) is 17.6. The number of esters is 1. The fourth-order valence-electron chi connectivity index (χ4n) is 3.59. The van der Waals surface area contributed by atoms with E-state index in [2.05, 4.69) is 20.9 Å². The zero-order valence-corrected chi connectivity index (χ0v) is 21.1. The normalized spacial score (nSPS) is 12.5. The van der Waals surface area contributed by atoms with Crippen molar-refractivity contribution in [2.24, 2.45) is 11.8 Å². The minimum Gasteiger partial charge on any atom is -0.508 e. The summed E-state index contributed by atoms with van der Waals surface area (Å²) in [7, 11) is 1.25. The van der Waals surface area contributed by atoms with Crippen molar-refractivity contribution < 1.29 is 34.2 Å². The SMILES string of the molecule is COC(=O)[C@H](Cc1ccc(O)cc1)NC(=O)CCCn1cc(CNC(=O)C(CC(=O)NO)C(C)C)nn1. The van der Waals surface area contributed by atoms with E-state index in [-0.39, 0.29) is 49.3 Å². The third-order valence-electron chi connectivity index (χ3n) is 5.69. The molecule has 0 radical (unpaired) electrons. The van der Waals surface area contributed by atoms with Crippen LogP contribution in [0.1, 0.15) is 44.4 Å². The van der Waals surface area contributed by atoms with Crippen molar-refractivity contribution in [3.63, 3.8) is 0 Å². The van der Waals surface area contributed by atoms with Gasteiger partial charge in [-0.15, -0.1) is 5.10 Å². The molecule has 0 bridgehead atoms. The molecule has 2 aromatic rings. The lowest BCUT2D eigenvalue weighted by molar-refractivity contribution is -0.145. The molecule has 1 aromatic carbocycles. The van der Waals surface area contributed by atoms with Crippen LogP contribution < -0.4 is 16.1 Å². The van der Waals surface area contributed by atoms with E-state index in [1.54, 1.807) is 23.0 Å². The van der Waals surface area contributed by atoms with Crippen LogP contribution in [0.25, 0.3) is 0 Å². The van der Waals surface area contributed by atoms with E-state index in [0.717, 1.165) is 5.56 Å². The summed E-state index contributed by atoms with van der Waals surface area (Å²) in [5.74, 6) is -2.48. The Kier molecular flexibility index (Phi) is 11.5. The molecule has 0 fully saturated rings. The molecule has 0 aliphatic carbocycles. The average molecular weight is 519 g/mol. The van der Waals surface area contributed by atoms with Crippen molar-refractivity contribution >= 4 is 23.7 Å². The molecule has 1 aromatic heterocycles. The maximum Gasteiger partial charge on any atom is 0.328 e. The molecule has 0 saturated heterocycles. The van der Waals surface area contributed by atoms with Crippen LogP contribution in [0.2, 0.25) is 0 Å². The Balaban J connectivity index is 1.80. The molecular weight excluding hydrogens is 484 g/mol. The second-order valence-corrected chi connectivity index (χ2v) is 8.90.